The molecule has 1 aliphatic carbocycles. The van der Waals surface area contributed by atoms with Crippen LogP contribution < -0.4 is 10.2 Å². The van der Waals surface area contributed by atoms with E-state index in [-0.39, 0.29) is 41.0 Å². The van der Waals surface area contributed by atoms with Crippen molar-refractivity contribution in [3.05, 3.63) is 70.5 Å². The van der Waals surface area contributed by atoms with Crippen molar-refractivity contribution in [1.29, 1.82) is 0 Å². The molecular formula is C34H36F2N5O7PS2. The van der Waals surface area contributed by atoms with E-state index in [1.807, 2.05) is 17.5 Å². The maximum absolute atomic E-state index is 14.3. The number of carbonyl (C=O) groups excluding carboxylic acids is 4. The Balaban J connectivity index is 1.21. The second-order valence-electron chi connectivity index (χ2n) is 12.8. The standard InChI is InChI=1S/C34H36F2N5O7PS2/c1-39(2)28(42)13-16-40(24-10-7-21(8-11-24)31-37-14-17-50-31)32(44)25-4-3-15-41(25)33(45)29(20-5-6-20)38-30(43)27-19-22-18-23(9-12-26(22)51-27)34(35,36)49(46,47)48/h7-12,14,17-20,25,29H,3-6,13,15-16H2,1-2H3,(H,38,43)(H2,46,47,48)/t25-,29-/m0/s1. The quantitative estimate of drug-likeness (QED) is 0.165. The molecule has 0 unspecified atom stereocenters. The van der Waals surface area contributed by atoms with Gasteiger partial charge in [-0.25, -0.2) is 4.98 Å². The van der Waals surface area contributed by atoms with Gasteiger partial charge in [0.1, 0.15) is 17.1 Å². The minimum absolute atomic E-state index is 0.0714. The fourth-order valence-electron chi connectivity index (χ4n) is 6.13. The van der Waals surface area contributed by atoms with Crippen LogP contribution in [0.1, 0.15) is 47.3 Å². The first kappa shape index (κ1) is 36.7. The van der Waals surface area contributed by atoms with Crippen LogP contribution in [0.5, 0.6) is 0 Å². The lowest BCUT2D eigenvalue weighted by atomic mass is 10.1. The zero-order valence-corrected chi connectivity index (χ0v) is 30.2. The number of benzene rings is 2. The predicted molar refractivity (Wildman–Crippen MR) is 190 cm³/mol. The van der Waals surface area contributed by atoms with Gasteiger partial charge in [0.2, 0.25) is 17.7 Å². The molecule has 3 N–H and O–H groups in total. The monoisotopic (exact) mass is 759 g/mol. The number of aromatic nitrogens is 1. The summed E-state index contributed by atoms with van der Waals surface area (Å²) >= 11 is 2.48. The van der Waals surface area contributed by atoms with Crippen LogP contribution in [0.3, 0.4) is 0 Å². The number of thiophene rings is 1. The van der Waals surface area contributed by atoms with E-state index in [9.17, 15) is 32.5 Å². The maximum atomic E-state index is 14.3. The van der Waals surface area contributed by atoms with Gasteiger partial charge in [0.25, 0.3) is 5.91 Å². The second kappa shape index (κ2) is 14.5. The van der Waals surface area contributed by atoms with Crippen molar-refractivity contribution in [3.8, 4) is 10.6 Å². The molecule has 51 heavy (non-hydrogen) atoms. The smallest absolute Gasteiger partial charge is 0.349 e. The van der Waals surface area contributed by atoms with E-state index in [1.54, 1.807) is 32.4 Å². The van der Waals surface area contributed by atoms with Gasteiger partial charge in [-0.2, -0.15) is 8.78 Å². The maximum Gasteiger partial charge on any atom is 0.399 e. The summed E-state index contributed by atoms with van der Waals surface area (Å²) in [4.78, 5) is 81.7. The van der Waals surface area contributed by atoms with Crippen molar-refractivity contribution in [2.45, 2.75) is 49.9 Å². The van der Waals surface area contributed by atoms with E-state index in [2.05, 4.69) is 10.3 Å². The van der Waals surface area contributed by atoms with Gasteiger partial charge in [-0.15, -0.1) is 22.7 Å². The molecule has 0 bridgehead atoms. The number of alkyl halides is 2. The van der Waals surface area contributed by atoms with Gasteiger partial charge in [-0.1, -0.05) is 6.07 Å². The third kappa shape index (κ3) is 7.75. The molecule has 4 amide bonds. The Labute approximate surface area is 300 Å². The fraction of sp³-hybridized carbons (Fsp3) is 0.382. The lowest BCUT2D eigenvalue weighted by Crippen LogP contribution is -2.55. The van der Waals surface area contributed by atoms with Crippen LogP contribution in [0.4, 0.5) is 14.5 Å². The van der Waals surface area contributed by atoms with E-state index in [1.165, 1.54) is 38.2 Å². The van der Waals surface area contributed by atoms with Crippen molar-refractivity contribution >= 4 is 69.7 Å². The van der Waals surface area contributed by atoms with Crippen molar-refractivity contribution in [3.63, 3.8) is 0 Å². The number of amides is 4. The molecular weight excluding hydrogens is 724 g/mol. The minimum Gasteiger partial charge on any atom is -0.349 e. The average Bonchev–Trinajstić information content (AvgIpc) is 3.46. The molecule has 0 radical (unpaired) electrons. The van der Waals surface area contributed by atoms with Crippen LogP contribution in [0, 0.1) is 5.92 Å². The number of halogens is 2. The Morgan fingerprint density at radius 2 is 1.80 bits per heavy atom. The van der Waals surface area contributed by atoms with E-state index in [0.29, 0.717) is 42.6 Å². The number of hydrogen-bond acceptors (Lipinski definition) is 8. The van der Waals surface area contributed by atoms with E-state index < -0.39 is 42.7 Å². The Hall–Kier alpha value is -4.08. The molecule has 2 aromatic carbocycles. The molecule has 3 heterocycles. The number of hydrogen-bond donors (Lipinski definition) is 3. The summed E-state index contributed by atoms with van der Waals surface area (Å²) in [5, 5.41) is 5.71. The van der Waals surface area contributed by atoms with Crippen LogP contribution in [-0.2, 0) is 24.6 Å². The third-order valence-corrected chi connectivity index (χ3v) is 12.0. The Kier molecular flexibility index (Phi) is 10.4. The summed E-state index contributed by atoms with van der Waals surface area (Å²) in [6, 6.07) is 10.0. The van der Waals surface area contributed by atoms with Gasteiger partial charge >= 0.3 is 13.3 Å². The topological polar surface area (TPSA) is 160 Å². The Morgan fingerprint density at radius 1 is 1.08 bits per heavy atom. The van der Waals surface area contributed by atoms with Crippen LogP contribution in [-0.4, -0.2) is 87.5 Å². The normalized spacial score (nSPS) is 17.0. The largest absolute Gasteiger partial charge is 0.399 e. The first-order valence-electron chi connectivity index (χ1n) is 16.3. The highest BCUT2D eigenvalue weighted by molar-refractivity contribution is 7.52. The van der Waals surface area contributed by atoms with E-state index in [0.717, 1.165) is 34.0 Å². The molecule has 270 valence electrons. The highest BCUT2D eigenvalue weighted by Gasteiger charge is 2.50. The molecule has 1 aliphatic heterocycles. The number of thiazole rings is 1. The van der Waals surface area contributed by atoms with Crippen LogP contribution >= 0.6 is 30.3 Å². The highest BCUT2D eigenvalue weighted by atomic mass is 32.1. The van der Waals surface area contributed by atoms with E-state index >= 15 is 0 Å². The molecule has 1 saturated heterocycles. The Bertz CT molecular complexity index is 2000. The van der Waals surface area contributed by atoms with Crippen molar-refractivity contribution in [2.75, 3.05) is 32.1 Å². The van der Waals surface area contributed by atoms with Crippen LogP contribution in [0.2, 0.25) is 0 Å². The zero-order valence-electron chi connectivity index (χ0n) is 27.7. The number of rotatable bonds is 12. The molecule has 1 saturated carbocycles. The molecule has 6 rings (SSSR count). The average molecular weight is 760 g/mol. The number of fused-ring (bicyclic) bond motifs is 1. The summed E-state index contributed by atoms with van der Waals surface area (Å²) < 4.78 is 40.5. The van der Waals surface area contributed by atoms with Gasteiger partial charge in [-0.3, -0.25) is 23.7 Å². The van der Waals surface area contributed by atoms with Crippen LogP contribution in [0.15, 0.2) is 60.1 Å². The minimum atomic E-state index is -5.78. The number of nitrogens with one attached hydrogen (secondary N) is 1. The Morgan fingerprint density at radius 3 is 2.43 bits per heavy atom. The van der Waals surface area contributed by atoms with E-state index in [4.69, 9.17) is 9.79 Å². The van der Waals surface area contributed by atoms with Gasteiger partial charge in [0, 0.05) is 66.7 Å². The van der Waals surface area contributed by atoms with Crippen LogP contribution in [0.25, 0.3) is 20.7 Å². The molecule has 4 aromatic rings. The summed E-state index contributed by atoms with van der Waals surface area (Å²) in [7, 11) is -2.50. The molecule has 17 heteroatoms. The molecule has 2 aromatic heterocycles. The van der Waals surface area contributed by atoms with Gasteiger partial charge in [0.15, 0.2) is 0 Å². The van der Waals surface area contributed by atoms with Crippen molar-refractivity contribution in [2.24, 2.45) is 5.92 Å². The lowest BCUT2D eigenvalue weighted by Gasteiger charge is -2.33. The van der Waals surface area contributed by atoms with Gasteiger partial charge in [-0.05, 0) is 79.5 Å². The molecule has 2 atom stereocenters. The summed E-state index contributed by atoms with van der Waals surface area (Å²) in [5.41, 5.74) is -3.82. The first-order chi connectivity index (χ1) is 24.2. The summed E-state index contributed by atoms with van der Waals surface area (Å²) in [5.74, 6) is -1.63. The number of carbonyl (C=O) groups is 4. The van der Waals surface area contributed by atoms with Gasteiger partial charge < -0.3 is 29.8 Å². The van der Waals surface area contributed by atoms with Crippen molar-refractivity contribution in [1.82, 2.24) is 20.1 Å². The summed E-state index contributed by atoms with van der Waals surface area (Å²) in [6.07, 6.45) is 4.14. The summed E-state index contributed by atoms with van der Waals surface area (Å²) in [6.45, 7) is 0.405. The highest BCUT2D eigenvalue weighted by Crippen LogP contribution is 2.59. The predicted octanol–water partition coefficient (Wildman–Crippen LogP) is 5.26. The lowest BCUT2D eigenvalue weighted by molar-refractivity contribution is -0.139. The first-order valence-corrected chi connectivity index (χ1v) is 19.6. The SMILES string of the molecule is CN(C)C(=O)CCN(C(=O)[C@@H]1CCCN1C(=O)[C@@H](NC(=O)c1cc2cc(C(F)(F)P(=O)(O)O)ccc2s1)C1CC1)c1ccc(-c2nccs2)cc1. The number of likely N-dealkylation sites (tertiary alicyclic amines) is 1. The zero-order chi connectivity index (χ0) is 36.7. The number of anilines is 1. The fourth-order valence-corrected chi connectivity index (χ4v) is 8.19. The van der Waals surface area contributed by atoms with Crippen molar-refractivity contribution < 1.29 is 42.3 Å². The molecule has 12 nitrogen and oxygen atoms in total. The second-order valence-corrected chi connectivity index (χ2v) is 16.5. The molecule has 2 aliphatic rings. The molecule has 0 spiro atoms. The third-order valence-electron chi connectivity index (χ3n) is 9.09. The molecule has 2 fully saturated rings. The van der Waals surface area contributed by atoms with Gasteiger partial charge in [0.05, 0.1) is 4.88 Å². The number of nitrogens with zero attached hydrogens (tertiary/aromatic N) is 4.